The normalized spacial score (nSPS) is 36.4. The van der Waals surface area contributed by atoms with Gasteiger partial charge < -0.3 is 14.2 Å². The smallest absolute Gasteiger partial charge is 0.435 e. The summed E-state index contributed by atoms with van der Waals surface area (Å²) < 4.78 is 15.4. The van der Waals surface area contributed by atoms with Gasteiger partial charge in [0.05, 0.1) is 6.61 Å². The summed E-state index contributed by atoms with van der Waals surface area (Å²) in [5.74, 6) is 1.94. The summed E-state index contributed by atoms with van der Waals surface area (Å²) in [4.78, 5) is 26.0. The van der Waals surface area contributed by atoms with Gasteiger partial charge in [-0.1, -0.05) is 35.4 Å². The summed E-state index contributed by atoms with van der Waals surface area (Å²) >= 11 is 3.58. The fourth-order valence-electron chi connectivity index (χ4n) is 5.85. The lowest BCUT2D eigenvalue weighted by molar-refractivity contribution is -0.152. The average Bonchev–Trinajstić information content (AvgIpc) is 3.16. The highest BCUT2D eigenvalue weighted by Crippen LogP contribution is 2.60. The van der Waals surface area contributed by atoms with Crippen molar-refractivity contribution in [2.45, 2.75) is 78.2 Å². The summed E-state index contributed by atoms with van der Waals surface area (Å²) in [6.45, 7) is 8.24. The molecule has 0 spiro atoms. The van der Waals surface area contributed by atoms with E-state index in [1.807, 2.05) is 0 Å². The van der Waals surface area contributed by atoms with E-state index in [2.05, 4.69) is 34.8 Å². The van der Waals surface area contributed by atoms with Crippen LogP contribution >= 0.6 is 15.9 Å². The summed E-state index contributed by atoms with van der Waals surface area (Å²) in [6.07, 6.45) is 8.71. The Labute approximate surface area is 182 Å². The molecule has 2 aliphatic carbocycles. The molecule has 29 heavy (non-hydrogen) atoms. The van der Waals surface area contributed by atoms with Crippen LogP contribution in [0.15, 0.2) is 22.4 Å². The summed E-state index contributed by atoms with van der Waals surface area (Å²) in [6, 6.07) is 0. The second kappa shape index (κ2) is 8.83. The van der Waals surface area contributed by atoms with Crippen LogP contribution < -0.4 is 0 Å². The number of esters is 1. The molecular weight excluding hydrogens is 436 g/mol. The van der Waals surface area contributed by atoms with Gasteiger partial charge in [0.15, 0.2) is 0 Å². The maximum atomic E-state index is 12.2. The zero-order valence-corrected chi connectivity index (χ0v) is 19.5. The van der Waals surface area contributed by atoms with E-state index < -0.39 is 17.7 Å². The highest BCUT2D eigenvalue weighted by Gasteiger charge is 2.51. The number of carbonyl (C=O) groups excluding carboxylic acids is 2. The van der Waals surface area contributed by atoms with Crippen LogP contribution in [0.3, 0.4) is 0 Å². The highest BCUT2D eigenvalue weighted by molar-refractivity contribution is 9.11. The topological polar surface area (TPSA) is 61.8 Å². The lowest BCUT2D eigenvalue weighted by Gasteiger charge is -2.44. The average molecular weight is 469 g/mol. The Hall–Kier alpha value is -1.30. The van der Waals surface area contributed by atoms with Crippen molar-refractivity contribution in [1.29, 1.82) is 0 Å². The molecule has 162 valence electrons. The molecule has 0 aromatic heterocycles. The van der Waals surface area contributed by atoms with Crippen LogP contribution in [-0.4, -0.2) is 24.3 Å². The standard InChI is InChI=1S/C23H33BrO5/c1-5-27-21(26)29-23(4)13-17(28-20(23)25)9-8-15(2)18-10-11-19-16(14-24)7-6-12-22(18,19)3/h13-15,18-19H,5-12H2,1-4H3/t15-,18-,19?,22-,23-/m1/s1. The number of rotatable bonds is 6. The molecule has 0 aromatic rings. The number of hydrogen-bond donors (Lipinski definition) is 0. The van der Waals surface area contributed by atoms with Gasteiger partial charge in [0.2, 0.25) is 5.60 Å². The predicted molar refractivity (Wildman–Crippen MR) is 114 cm³/mol. The minimum absolute atomic E-state index is 0.200. The molecule has 5 nitrogen and oxygen atoms in total. The van der Waals surface area contributed by atoms with Gasteiger partial charge in [0.25, 0.3) is 0 Å². The molecular formula is C23H33BrO5. The molecule has 5 atom stereocenters. The van der Waals surface area contributed by atoms with Gasteiger partial charge >= 0.3 is 12.1 Å². The maximum Gasteiger partial charge on any atom is 0.509 e. The molecule has 1 unspecified atom stereocenters. The molecule has 1 heterocycles. The number of hydrogen-bond acceptors (Lipinski definition) is 5. The highest BCUT2D eigenvalue weighted by atomic mass is 79.9. The Morgan fingerprint density at radius 1 is 1.41 bits per heavy atom. The molecule has 0 N–H and O–H groups in total. The van der Waals surface area contributed by atoms with E-state index in [1.54, 1.807) is 25.5 Å². The van der Waals surface area contributed by atoms with Crippen molar-refractivity contribution < 1.29 is 23.8 Å². The number of fused-ring (bicyclic) bond motifs is 1. The number of allylic oxidation sites excluding steroid dienone is 2. The fourth-order valence-corrected chi connectivity index (χ4v) is 6.40. The molecule has 0 amide bonds. The first-order valence-corrected chi connectivity index (χ1v) is 11.7. The van der Waals surface area contributed by atoms with E-state index in [0.29, 0.717) is 35.3 Å². The van der Waals surface area contributed by atoms with Crippen LogP contribution in [0.5, 0.6) is 0 Å². The first-order chi connectivity index (χ1) is 13.7. The zero-order valence-electron chi connectivity index (χ0n) is 18.0. The van der Waals surface area contributed by atoms with E-state index >= 15 is 0 Å². The summed E-state index contributed by atoms with van der Waals surface area (Å²) in [7, 11) is 0. The molecule has 0 aromatic carbocycles. The quantitative estimate of drug-likeness (QED) is 0.429. The Balaban J connectivity index is 1.61. The van der Waals surface area contributed by atoms with Gasteiger partial charge in [-0.2, -0.15) is 0 Å². The van der Waals surface area contributed by atoms with Crippen LogP contribution in [0, 0.1) is 23.2 Å². The minimum Gasteiger partial charge on any atom is -0.435 e. The summed E-state index contributed by atoms with van der Waals surface area (Å²) in [5.41, 5.74) is 0.543. The molecule has 3 rings (SSSR count). The number of ether oxygens (including phenoxy) is 3. The largest absolute Gasteiger partial charge is 0.509 e. The van der Waals surface area contributed by atoms with Crippen molar-refractivity contribution in [2.75, 3.05) is 6.61 Å². The van der Waals surface area contributed by atoms with Crippen molar-refractivity contribution >= 4 is 28.1 Å². The van der Waals surface area contributed by atoms with Crippen LogP contribution in [0.2, 0.25) is 0 Å². The predicted octanol–water partition coefficient (Wildman–Crippen LogP) is 6.27. The molecule has 0 radical (unpaired) electrons. The molecule has 0 bridgehead atoms. The van der Waals surface area contributed by atoms with Crippen LogP contribution in [0.1, 0.15) is 72.6 Å². The molecule has 2 fully saturated rings. The van der Waals surface area contributed by atoms with E-state index in [1.165, 1.54) is 32.1 Å². The Kier molecular flexibility index (Phi) is 6.81. The third kappa shape index (κ3) is 4.42. The number of halogens is 1. The van der Waals surface area contributed by atoms with Crippen molar-refractivity contribution in [3.63, 3.8) is 0 Å². The second-order valence-electron chi connectivity index (χ2n) is 9.19. The van der Waals surface area contributed by atoms with E-state index in [0.717, 1.165) is 6.42 Å². The van der Waals surface area contributed by atoms with Gasteiger partial charge in [-0.05, 0) is 80.5 Å². The van der Waals surface area contributed by atoms with Crippen molar-refractivity contribution in [1.82, 2.24) is 0 Å². The van der Waals surface area contributed by atoms with E-state index in [-0.39, 0.29) is 6.61 Å². The Bertz CT molecular complexity index is 714. The van der Waals surface area contributed by atoms with E-state index in [9.17, 15) is 9.59 Å². The van der Waals surface area contributed by atoms with Gasteiger partial charge in [-0.15, -0.1) is 0 Å². The van der Waals surface area contributed by atoms with Crippen LogP contribution in [-0.2, 0) is 19.0 Å². The lowest BCUT2D eigenvalue weighted by atomic mass is 9.61. The van der Waals surface area contributed by atoms with Crippen LogP contribution in [0.4, 0.5) is 4.79 Å². The van der Waals surface area contributed by atoms with Crippen LogP contribution in [0.25, 0.3) is 0 Å². The second-order valence-corrected chi connectivity index (χ2v) is 9.65. The molecule has 1 aliphatic heterocycles. The van der Waals surface area contributed by atoms with Crippen molar-refractivity contribution in [3.05, 3.63) is 22.4 Å². The van der Waals surface area contributed by atoms with Gasteiger partial charge in [0.1, 0.15) is 5.76 Å². The lowest BCUT2D eigenvalue weighted by Crippen LogP contribution is -2.36. The van der Waals surface area contributed by atoms with Gasteiger partial charge in [0, 0.05) is 12.5 Å². The third-order valence-corrected chi connectivity index (χ3v) is 7.92. The SMILES string of the molecule is CCOC(=O)O[C@]1(C)C=C(CC[C@@H](C)[C@H]2CCC3C(=CBr)CCC[C@@]32C)OC1=O. The van der Waals surface area contributed by atoms with E-state index in [4.69, 9.17) is 14.2 Å². The monoisotopic (exact) mass is 468 g/mol. The third-order valence-electron chi connectivity index (χ3n) is 7.33. The number of carbonyl (C=O) groups is 2. The number of cyclic esters (lactones) is 1. The van der Waals surface area contributed by atoms with Crippen molar-refractivity contribution in [3.8, 4) is 0 Å². The van der Waals surface area contributed by atoms with Crippen molar-refractivity contribution in [2.24, 2.45) is 23.2 Å². The first kappa shape index (κ1) is 22.4. The zero-order chi connectivity index (χ0) is 21.2. The Morgan fingerprint density at radius 2 is 2.17 bits per heavy atom. The molecule has 6 heteroatoms. The summed E-state index contributed by atoms with van der Waals surface area (Å²) in [5, 5.41) is 0. The minimum atomic E-state index is -1.39. The first-order valence-electron chi connectivity index (χ1n) is 10.8. The molecule has 0 saturated heterocycles. The fraction of sp³-hybridized carbons (Fsp3) is 0.739. The molecule has 3 aliphatic rings. The Morgan fingerprint density at radius 3 is 2.86 bits per heavy atom. The van der Waals surface area contributed by atoms with Gasteiger partial charge in [-0.25, -0.2) is 9.59 Å². The maximum absolute atomic E-state index is 12.2. The molecule has 2 saturated carbocycles. The van der Waals surface area contributed by atoms with Gasteiger partial charge in [-0.3, -0.25) is 0 Å².